The topological polar surface area (TPSA) is 39.2 Å². The molecule has 4 rings (SSSR count). The van der Waals surface area contributed by atoms with Crippen molar-refractivity contribution in [1.29, 1.82) is 0 Å². The molecule has 3 aromatic rings. The van der Waals surface area contributed by atoms with Gasteiger partial charge in [0.2, 0.25) is 0 Å². The van der Waals surface area contributed by atoms with Crippen molar-refractivity contribution >= 4 is 16.9 Å². The van der Waals surface area contributed by atoms with Crippen LogP contribution in [0.5, 0.6) is 0 Å². The summed E-state index contributed by atoms with van der Waals surface area (Å²) in [4.78, 5) is 17.6. The predicted molar refractivity (Wildman–Crippen MR) is 94.0 cm³/mol. The fourth-order valence-electron chi connectivity index (χ4n) is 3.47. The molecule has 1 aliphatic rings. The van der Waals surface area contributed by atoms with Gasteiger partial charge in [-0.1, -0.05) is 30.3 Å². The van der Waals surface area contributed by atoms with Crippen LogP contribution < -0.4 is 0 Å². The van der Waals surface area contributed by atoms with Crippen molar-refractivity contribution in [1.82, 2.24) is 4.98 Å². The van der Waals surface area contributed by atoms with Gasteiger partial charge in [-0.3, -0.25) is 4.98 Å². The van der Waals surface area contributed by atoms with Crippen LogP contribution in [-0.4, -0.2) is 11.0 Å². The number of aromatic nitrogens is 1. The molecule has 2 aromatic carbocycles. The van der Waals surface area contributed by atoms with E-state index in [1.54, 1.807) is 19.1 Å². The molecule has 0 aliphatic heterocycles. The first-order valence-corrected chi connectivity index (χ1v) is 8.50. The van der Waals surface area contributed by atoms with Crippen LogP contribution >= 0.6 is 0 Å². The van der Waals surface area contributed by atoms with Crippen molar-refractivity contribution in [3.8, 4) is 0 Å². The number of carbonyl (C=O) groups is 1. The first kappa shape index (κ1) is 15.8. The Labute approximate surface area is 145 Å². The number of hydrogen-bond donors (Lipinski definition) is 0. The molecule has 25 heavy (non-hydrogen) atoms. The molecular formula is C21H18FNO2. The third-order valence-corrected chi connectivity index (χ3v) is 4.75. The Morgan fingerprint density at radius 1 is 1.12 bits per heavy atom. The van der Waals surface area contributed by atoms with Gasteiger partial charge in [0.15, 0.2) is 0 Å². The second-order valence-electron chi connectivity index (χ2n) is 6.38. The lowest BCUT2D eigenvalue weighted by atomic mass is 10.0. The number of hydrogen-bond acceptors (Lipinski definition) is 3. The smallest absolute Gasteiger partial charge is 0.339 e. The maximum atomic E-state index is 13.1. The van der Waals surface area contributed by atoms with Gasteiger partial charge in [-0.2, -0.15) is 0 Å². The number of aryl methyl sites for hydroxylation is 1. The molecule has 1 aromatic heterocycles. The van der Waals surface area contributed by atoms with E-state index in [2.05, 4.69) is 0 Å². The Morgan fingerprint density at radius 3 is 2.68 bits per heavy atom. The zero-order valence-electron chi connectivity index (χ0n) is 14.0. The molecule has 1 heterocycles. The fourth-order valence-corrected chi connectivity index (χ4v) is 3.47. The maximum Gasteiger partial charge on any atom is 0.339 e. The van der Waals surface area contributed by atoms with E-state index in [0.717, 1.165) is 47.0 Å². The van der Waals surface area contributed by atoms with Gasteiger partial charge in [-0.05, 0) is 55.5 Å². The number of rotatable bonds is 3. The minimum atomic E-state index is -0.447. The van der Waals surface area contributed by atoms with E-state index in [1.807, 2.05) is 24.3 Å². The lowest BCUT2D eigenvalue weighted by molar-refractivity contribution is 0.0339. The molecule has 0 saturated heterocycles. The van der Waals surface area contributed by atoms with E-state index in [-0.39, 0.29) is 11.8 Å². The molecule has 0 unspecified atom stereocenters. The van der Waals surface area contributed by atoms with E-state index in [9.17, 15) is 9.18 Å². The summed E-state index contributed by atoms with van der Waals surface area (Å²) in [5, 5.41) is 0.833. The SMILES string of the molecule is C[C@H](OC(=O)c1c2c(nc3ccccc13)CCC2)c1ccc(F)cc1. The molecule has 0 amide bonds. The summed E-state index contributed by atoms with van der Waals surface area (Å²) < 4.78 is 18.8. The van der Waals surface area contributed by atoms with Crippen LogP contribution in [0.1, 0.15) is 46.6 Å². The van der Waals surface area contributed by atoms with Crippen LogP contribution in [0.2, 0.25) is 0 Å². The lowest BCUT2D eigenvalue weighted by Crippen LogP contribution is -2.13. The van der Waals surface area contributed by atoms with Crippen molar-refractivity contribution in [3.05, 3.63) is 76.7 Å². The van der Waals surface area contributed by atoms with Gasteiger partial charge < -0.3 is 4.74 Å². The van der Waals surface area contributed by atoms with Crippen molar-refractivity contribution in [2.45, 2.75) is 32.3 Å². The van der Waals surface area contributed by atoms with Gasteiger partial charge in [-0.25, -0.2) is 9.18 Å². The molecule has 1 aliphatic carbocycles. The number of carbonyl (C=O) groups excluding carboxylic acids is 1. The minimum Gasteiger partial charge on any atom is -0.454 e. The summed E-state index contributed by atoms with van der Waals surface area (Å²) >= 11 is 0. The zero-order chi connectivity index (χ0) is 17.4. The first-order chi connectivity index (χ1) is 12.1. The number of para-hydroxylation sites is 1. The van der Waals surface area contributed by atoms with E-state index < -0.39 is 6.10 Å². The Morgan fingerprint density at radius 2 is 1.88 bits per heavy atom. The highest BCUT2D eigenvalue weighted by molar-refractivity contribution is 6.05. The molecule has 126 valence electrons. The van der Waals surface area contributed by atoms with Crippen LogP contribution in [0.3, 0.4) is 0 Å². The molecule has 0 N–H and O–H groups in total. The predicted octanol–water partition coefficient (Wildman–Crippen LogP) is 4.78. The highest BCUT2D eigenvalue weighted by Gasteiger charge is 2.25. The summed E-state index contributed by atoms with van der Waals surface area (Å²) in [6.45, 7) is 1.80. The zero-order valence-corrected chi connectivity index (χ0v) is 14.0. The minimum absolute atomic E-state index is 0.305. The molecule has 3 nitrogen and oxygen atoms in total. The van der Waals surface area contributed by atoms with Gasteiger partial charge in [0, 0.05) is 11.1 Å². The average Bonchev–Trinajstić information content (AvgIpc) is 3.07. The molecule has 0 bridgehead atoms. The number of ether oxygens (including phenoxy) is 1. The standard InChI is InChI=1S/C21H18FNO2/c1-13(14-9-11-15(22)12-10-14)25-21(24)20-16-5-2-3-7-18(16)23-19-8-4-6-17(19)20/h2-3,5,7,9-13H,4,6,8H2,1H3/t13-/m0/s1. The second-order valence-corrected chi connectivity index (χ2v) is 6.38. The summed E-state index contributed by atoms with van der Waals surface area (Å²) in [6, 6.07) is 13.7. The molecule has 1 atom stereocenters. The van der Waals surface area contributed by atoms with Crippen molar-refractivity contribution in [2.75, 3.05) is 0 Å². The highest BCUT2D eigenvalue weighted by Crippen LogP contribution is 2.31. The van der Waals surface area contributed by atoms with E-state index in [0.29, 0.717) is 5.56 Å². The van der Waals surface area contributed by atoms with Gasteiger partial charge in [-0.15, -0.1) is 0 Å². The Balaban J connectivity index is 1.71. The molecule has 0 spiro atoms. The normalized spacial score (nSPS) is 14.3. The van der Waals surface area contributed by atoms with E-state index >= 15 is 0 Å². The van der Waals surface area contributed by atoms with Gasteiger partial charge >= 0.3 is 5.97 Å². The monoisotopic (exact) mass is 335 g/mol. The van der Waals surface area contributed by atoms with Gasteiger partial charge in [0.25, 0.3) is 0 Å². The molecule has 0 radical (unpaired) electrons. The third kappa shape index (κ3) is 2.88. The summed E-state index contributed by atoms with van der Waals surface area (Å²) in [6.07, 6.45) is 2.31. The van der Waals surface area contributed by atoms with E-state index in [4.69, 9.17) is 9.72 Å². The summed E-state index contributed by atoms with van der Waals surface area (Å²) in [5.41, 5.74) is 4.23. The maximum absolute atomic E-state index is 13.1. The number of pyridine rings is 1. The Hall–Kier alpha value is -2.75. The molecular weight excluding hydrogens is 317 g/mol. The largest absolute Gasteiger partial charge is 0.454 e. The van der Waals surface area contributed by atoms with Crippen LogP contribution in [0.25, 0.3) is 10.9 Å². The van der Waals surface area contributed by atoms with Crippen LogP contribution in [-0.2, 0) is 17.6 Å². The lowest BCUT2D eigenvalue weighted by Gasteiger charge is -2.16. The Kier molecular flexibility index (Phi) is 3.96. The number of benzene rings is 2. The summed E-state index contributed by atoms with van der Waals surface area (Å²) in [7, 11) is 0. The Bertz CT molecular complexity index is 950. The van der Waals surface area contributed by atoms with Crippen LogP contribution in [0.15, 0.2) is 48.5 Å². The molecule has 0 saturated carbocycles. The fraction of sp³-hybridized carbons (Fsp3) is 0.238. The van der Waals surface area contributed by atoms with Crippen LogP contribution in [0.4, 0.5) is 4.39 Å². The summed E-state index contributed by atoms with van der Waals surface area (Å²) in [5.74, 6) is -0.645. The number of fused-ring (bicyclic) bond motifs is 2. The molecule has 4 heteroatoms. The number of halogens is 1. The third-order valence-electron chi connectivity index (χ3n) is 4.75. The molecule has 0 fully saturated rings. The highest BCUT2D eigenvalue weighted by atomic mass is 19.1. The van der Waals surface area contributed by atoms with Gasteiger partial charge in [0.05, 0.1) is 11.1 Å². The van der Waals surface area contributed by atoms with Crippen molar-refractivity contribution < 1.29 is 13.9 Å². The second kappa shape index (κ2) is 6.28. The average molecular weight is 335 g/mol. The number of nitrogens with zero attached hydrogens (tertiary/aromatic N) is 1. The van der Waals surface area contributed by atoms with E-state index in [1.165, 1.54) is 12.1 Å². The van der Waals surface area contributed by atoms with Crippen LogP contribution in [0, 0.1) is 5.82 Å². The van der Waals surface area contributed by atoms with Crippen molar-refractivity contribution in [3.63, 3.8) is 0 Å². The van der Waals surface area contributed by atoms with Gasteiger partial charge in [0.1, 0.15) is 11.9 Å². The first-order valence-electron chi connectivity index (χ1n) is 8.50. The van der Waals surface area contributed by atoms with Crippen molar-refractivity contribution in [2.24, 2.45) is 0 Å². The quantitative estimate of drug-likeness (QED) is 0.647. The number of esters is 1.